The minimum absolute atomic E-state index is 0.175. The maximum Gasteiger partial charge on any atom is 0.175 e. The van der Waals surface area contributed by atoms with Crippen LogP contribution in [0.15, 0.2) is 36.4 Å². The Morgan fingerprint density at radius 1 is 1.29 bits per heavy atom. The quantitative estimate of drug-likeness (QED) is 0.300. The molecule has 3 nitrogen and oxygen atoms in total. The van der Waals surface area contributed by atoms with E-state index in [4.69, 9.17) is 15.9 Å². The topological polar surface area (TPSA) is 42.2 Å². The molecule has 0 N–H and O–H groups in total. The van der Waals surface area contributed by atoms with Crippen LogP contribution in [0.3, 0.4) is 0 Å². The van der Waals surface area contributed by atoms with Crippen LogP contribution in [0.5, 0.6) is 11.5 Å². The molecule has 2 aromatic rings. The lowest BCUT2D eigenvalue weighted by molar-refractivity contribution is 0.328. The fourth-order valence-electron chi connectivity index (χ4n) is 2.16. The van der Waals surface area contributed by atoms with Gasteiger partial charge < -0.3 is 9.47 Å². The van der Waals surface area contributed by atoms with Crippen LogP contribution in [0.2, 0.25) is 0 Å². The van der Waals surface area contributed by atoms with Crippen molar-refractivity contribution in [2.45, 2.75) is 6.92 Å². The highest BCUT2D eigenvalue weighted by Gasteiger charge is 2.11. The molecule has 0 fully saturated rings. The lowest BCUT2D eigenvalue weighted by atomic mass is 10.0. The minimum Gasteiger partial charge on any atom is -0.493 e. The van der Waals surface area contributed by atoms with Gasteiger partial charge in [0.2, 0.25) is 0 Å². The third-order valence-electron chi connectivity index (χ3n) is 3.35. The van der Waals surface area contributed by atoms with E-state index in [1.807, 2.05) is 49.4 Å². The normalized spacial score (nSPS) is 10.6. The summed E-state index contributed by atoms with van der Waals surface area (Å²) in [7, 11) is 1.58. The SMILES string of the molecule is C#CCOc1c(I)cc(/C=C(\C#N)c2ccc(C)cc2)cc1OC. The van der Waals surface area contributed by atoms with E-state index in [9.17, 15) is 5.26 Å². The number of aryl methyl sites for hydroxylation is 1. The van der Waals surface area contributed by atoms with Gasteiger partial charge in [0.05, 0.1) is 22.3 Å². The van der Waals surface area contributed by atoms with Crippen LogP contribution in [-0.4, -0.2) is 13.7 Å². The molecule has 0 bridgehead atoms. The number of allylic oxidation sites excluding steroid dienone is 1. The van der Waals surface area contributed by atoms with Gasteiger partial charge in [0.1, 0.15) is 6.61 Å². The van der Waals surface area contributed by atoms with Crippen molar-refractivity contribution < 1.29 is 9.47 Å². The summed E-state index contributed by atoms with van der Waals surface area (Å²) < 4.78 is 11.8. The molecule has 0 saturated carbocycles. The molecule has 0 aliphatic heterocycles. The highest BCUT2D eigenvalue weighted by molar-refractivity contribution is 14.1. The number of methoxy groups -OCH3 is 1. The number of benzene rings is 2. The summed E-state index contributed by atoms with van der Waals surface area (Å²) >= 11 is 2.17. The van der Waals surface area contributed by atoms with E-state index in [1.165, 1.54) is 0 Å². The highest BCUT2D eigenvalue weighted by atomic mass is 127. The zero-order chi connectivity index (χ0) is 17.5. The summed E-state index contributed by atoms with van der Waals surface area (Å²) in [4.78, 5) is 0. The first-order valence-electron chi connectivity index (χ1n) is 7.21. The largest absolute Gasteiger partial charge is 0.493 e. The summed E-state index contributed by atoms with van der Waals surface area (Å²) in [6, 6.07) is 13.9. The van der Waals surface area contributed by atoms with Gasteiger partial charge in [-0.3, -0.25) is 0 Å². The molecular formula is C20H16INO2. The summed E-state index contributed by atoms with van der Waals surface area (Å²) in [6.07, 6.45) is 7.08. The molecule has 0 aliphatic rings. The molecule has 2 aromatic carbocycles. The van der Waals surface area contributed by atoms with E-state index in [-0.39, 0.29) is 6.61 Å². The first kappa shape index (κ1) is 17.9. The van der Waals surface area contributed by atoms with Crippen LogP contribution in [-0.2, 0) is 0 Å². The molecule has 0 aliphatic carbocycles. The van der Waals surface area contributed by atoms with Crippen LogP contribution in [0.4, 0.5) is 0 Å². The fraction of sp³-hybridized carbons (Fsp3) is 0.150. The van der Waals surface area contributed by atoms with Gasteiger partial charge in [0, 0.05) is 0 Å². The van der Waals surface area contributed by atoms with Crippen LogP contribution >= 0.6 is 22.6 Å². The van der Waals surface area contributed by atoms with E-state index in [1.54, 1.807) is 7.11 Å². The van der Waals surface area contributed by atoms with Crippen LogP contribution in [0, 0.1) is 34.2 Å². The standard InChI is InChI=1S/C20H16INO2/c1-4-9-24-20-18(21)11-15(12-19(20)23-3)10-17(13-22)16-7-5-14(2)6-8-16/h1,5-8,10-12H,9H2,2-3H3/b17-10+. The molecule has 24 heavy (non-hydrogen) atoms. The predicted molar refractivity (Wildman–Crippen MR) is 105 cm³/mol. The van der Waals surface area contributed by atoms with Crippen molar-refractivity contribution in [1.29, 1.82) is 5.26 Å². The lowest BCUT2D eigenvalue weighted by Crippen LogP contribution is -1.99. The highest BCUT2D eigenvalue weighted by Crippen LogP contribution is 2.35. The Bertz CT molecular complexity index is 840. The average Bonchev–Trinajstić information content (AvgIpc) is 2.59. The number of halogens is 1. The number of rotatable bonds is 5. The molecule has 0 amide bonds. The van der Waals surface area contributed by atoms with Gasteiger partial charge in [-0.2, -0.15) is 5.26 Å². The summed E-state index contributed by atoms with van der Waals surface area (Å²) in [5.74, 6) is 3.64. The van der Waals surface area contributed by atoms with Gasteiger partial charge >= 0.3 is 0 Å². The molecule has 0 aromatic heterocycles. The summed E-state index contributed by atoms with van der Waals surface area (Å²) in [5.41, 5.74) is 3.48. The molecule has 0 unspecified atom stereocenters. The lowest BCUT2D eigenvalue weighted by Gasteiger charge is -2.12. The molecule has 0 saturated heterocycles. The second-order valence-corrected chi connectivity index (χ2v) is 6.22. The Kier molecular flexibility index (Phi) is 6.28. The Hall–Kier alpha value is -2.44. The zero-order valence-corrected chi connectivity index (χ0v) is 15.6. The Morgan fingerprint density at radius 2 is 2.00 bits per heavy atom. The molecule has 0 atom stereocenters. The Balaban J connectivity index is 2.44. The smallest absolute Gasteiger partial charge is 0.175 e. The van der Waals surface area contributed by atoms with Crippen LogP contribution in [0.25, 0.3) is 11.6 Å². The van der Waals surface area contributed by atoms with Crippen molar-refractivity contribution in [3.05, 3.63) is 56.7 Å². The van der Waals surface area contributed by atoms with E-state index >= 15 is 0 Å². The van der Waals surface area contributed by atoms with Crippen LogP contribution < -0.4 is 9.47 Å². The molecule has 2 rings (SSSR count). The molecular weight excluding hydrogens is 413 g/mol. The number of nitriles is 1. The van der Waals surface area contributed by atoms with Crippen molar-refractivity contribution in [1.82, 2.24) is 0 Å². The van der Waals surface area contributed by atoms with E-state index in [0.717, 1.165) is 20.3 Å². The average molecular weight is 429 g/mol. The minimum atomic E-state index is 0.175. The van der Waals surface area contributed by atoms with Crippen molar-refractivity contribution in [3.63, 3.8) is 0 Å². The molecule has 0 spiro atoms. The molecule has 120 valence electrons. The molecule has 0 heterocycles. The van der Waals surface area contributed by atoms with Gasteiger partial charge in [-0.15, -0.1) is 6.42 Å². The van der Waals surface area contributed by atoms with E-state index in [0.29, 0.717) is 17.1 Å². The summed E-state index contributed by atoms with van der Waals surface area (Å²) in [6.45, 7) is 2.19. The van der Waals surface area contributed by atoms with Gasteiger partial charge in [-0.05, 0) is 58.9 Å². The predicted octanol–water partition coefficient (Wildman–Crippen LogP) is 4.68. The number of hydrogen-bond donors (Lipinski definition) is 0. The molecule has 4 heteroatoms. The maximum atomic E-state index is 9.48. The molecule has 0 radical (unpaired) electrons. The van der Waals surface area contributed by atoms with Crippen molar-refractivity contribution >= 4 is 34.2 Å². The fourth-order valence-corrected chi connectivity index (χ4v) is 2.94. The van der Waals surface area contributed by atoms with Gasteiger partial charge in [-0.25, -0.2) is 0 Å². The Labute approximate surface area is 156 Å². The van der Waals surface area contributed by atoms with Gasteiger partial charge in [0.15, 0.2) is 11.5 Å². The third-order valence-corrected chi connectivity index (χ3v) is 4.15. The third kappa shape index (κ3) is 4.31. The van der Waals surface area contributed by atoms with Gasteiger partial charge in [0.25, 0.3) is 0 Å². The Morgan fingerprint density at radius 3 is 2.58 bits per heavy atom. The first-order valence-corrected chi connectivity index (χ1v) is 8.29. The van der Waals surface area contributed by atoms with E-state index < -0.39 is 0 Å². The number of terminal acetylenes is 1. The van der Waals surface area contributed by atoms with Crippen LogP contribution in [0.1, 0.15) is 16.7 Å². The maximum absolute atomic E-state index is 9.48. The first-order chi connectivity index (χ1) is 11.6. The van der Waals surface area contributed by atoms with Crippen molar-refractivity contribution in [2.24, 2.45) is 0 Å². The second-order valence-electron chi connectivity index (χ2n) is 5.06. The van der Waals surface area contributed by atoms with E-state index in [2.05, 4.69) is 34.6 Å². The second kappa shape index (κ2) is 8.42. The number of hydrogen-bond acceptors (Lipinski definition) is 3. The van der Waals surface area contributed by atoms with Crippen molar-refractivity contribution in [2.75, 3.05) is 13.7 Å². The number of nitrogens with zero attached hydrogens (tertiary/aromatic N) is 1. The number of ether oxygens (including phenoxy) is 2. The van der Waals surface area contributed by atoms with Gasteiger partial charge in [-0.1, -0.05) is 35.7 Å². The van der Waals surface area contributed by atoms with Crippen molar-refractivity contribution in [3.8, 4) is 29.9 Å². The zero-order valence-electron chi connectivity index (χ0n) is 13.5. The monoisotopic (exact) mass is 429 g/mol. The summed E-state index contributed by atoms with van der Waals surface area (Å²) in [5, 5.41) is 9.48.